The fourth-order valence-corrected chi connectivity index (χ4v) is 4.66. The van der Waals surface area contributed by atoms with Gasteiger partial charge in [-0.05, 0) is 35.9 Å². The van der Waals surface area contributed by atoms with E-state index in [0.29, 0.717) is 5.56 Å². The summed E-state index contributed by atoms with van der Waals surface area (Å²) in [5.41, 5.74) is 3.05. The second-order valence-corrected chi connectivity index (χ2v) is 8.05. The first-order valence-electron chi connectivity index (χ1n) is 7.68. The lowest BCUT2D eigenvalue weighted by Crippen LogP contribution is -2.47. The molecule has 1 atom stereocenters. The Kier molecular flexibility index (Phi) is 5.45. The van der Waals surface area contributed by atoms with Crippen LogP contribution in [-0.4, -0.2) is 24.4 Å². The van der Waals surface area contributed by atoms with Crippen molar-refractivity contribution in [3.8, 4) is 0 Å². The first kappa shape index (κ1) is 19.9. The van der Waals surface area contributed by atoms with Gasteiger partial charge in [-0.3, -0.25) is 10.1 Å². The highest BCUT2D eigenvalue weighted by molar-refractivity contribution is 7.90. The summed E-state index contributed by atoms with van der Waals surface area (Å²) in [6.07, 6.45) is 3.04. The Bertz CT molecular complexity index is 1050. The lowest BCUT2D eigenvalue weighted by Gasteiger charge is -2.25. The molecule has 0 aliphatic carbocycles. The predicted molar refractivity (Wildman–Crippen MR) is 102 cm³/mol. The number of non-ortho nitro benzene ring substituents is 1. The molecule has 0 saturated heterocycles. The summed E-state index contributed by atoms with van der Waals surface area (Å²) < 4.78 is 27.0. The zero-order valence-corrected chi connectivity index (χ0v) is 16.2. The van der Waals surface area contributed by atoms with E-state index in [4.69, 9.17) is 23.2 Å². The zero-order chi connectivity index (χ0) is 20.5. The van der Waals surface area contributed by atoms with Crippen LogP contribution in [0.4, 0.5) is 10.5 Å². The number of sulfonamides is 1. The largest absolute Gasteiger partial charge is 0.350 e. The third-order valence-electron chi connectivity index (χ3n) is 3.84. The molecular weight excluding hydrogens is 431 g/mol. The molecule has 9 nitrogen and oxygen atoms in total. The Labute approximate surface area is 169 Å². The van der Waals surface area contributed by atoms with Gasteiger partial charge in [0.05, 0.1) is 21.0 Å². The maximum absolute atomic E-state index is 12.6. The van der Waals surface area contributed by atoms with Crippen molar-refractivity contribution in [3.05, 3.63) is 80.5 Å². The first-order chi connectivity index (χ1) is 13.2. The van der Waals surface area contributed by atoms with Gasteiger partial charge in [-0.1, -0.05) is 29.3 Å². The van der Waals surface area contributed by atoms with E-state index in [1.807, 2.05) is 4.72 Å². The number of benzene rings is 2. The molecule has 0 fully saturated rings. The van der Waals surface area contributed by atoms with Gasteiger partial charge < -0.3 is 5.43 Å². The molecule has 2 aromatic carbocycles. The first-order valence-corrected chi connectivity index (χ1v) is 9.92. The second-order valence-electron chi connectivity index (χ2n) is 5.61. The Balaban J connectivity index is 1.83. The maximum Gasteiger partial charge on any atom is 0.350 e. The van der Waals surface area contributed by atoms with Gasteiger partial charge in [-0.25, -0.2) is 22.9 Å². The van der Waals surface area contributed by atoms with E-state index in [9.17, 15) is 23.3 Å². The summed E-state index contributed by atoms with van der Waals surface area (Å²) in [6, 6.07) is 8.00. The fraction of sp³-hybridized carbons (Fsp3) is 0.0625. The molecule has 0 saturated carbocycles. The van der Waals surface area contributed by atoms with E-state index in [-0.39, 0.29) is 15.7 Å². The molecule has 1 unspecified atom stereocenters. The average molecular weight is 443 g/mol. The molecule has 3 rings (SSSR count). The van der Waals surface area contributed by atoms with Gasteiger partial charge in [0.1, 0.15) is 4.90 Å². The molecular formula is C16H12Cl2N4O5S. The molecule has 2 amide bonds. The normalized spacial score (nSPS) is 15.9. The third-order valence-corrected chi connectivity index (χ3v) is 6.12. The van der Waals surface area contributed by atoms with Crippen molar-refractivity contribution in [2.75, 3.05) is 0 Å². The number of nitrogens with one attached hydrogen (secondary N) is 2. The van der Waals surface area contributed by atoms with Gasteiger partial charge in [-0.2, -0.15) is 0 Å². The van der Waals surface area contributed by atoms with Crippen molar-refractivity contribution in [2.45, 2.75) is 10.9 Å². The van der Waals surface area contributed by atoms with Crippen LogP contribution in [0.25, 0.3) is 0 Å². The molecule has 2 aromatic rings. The number of hydrazine groups is 1. The van der Waals surface area contributed by atoms with Gasteiger partial charge in [-0.15, -0.1) is 0 Å². The smallest absolute Gasteiger partial charge is 0.301 e. The lowest BCUT2D eigenvalue weighted by molar-refractivity contribution is -0.384. The van der Waals surface area contributed by atoms with Gasteiger partial charge >= 0.3 is 6.03 Å². The van der Waals surface area contributed by atoms with Crippen molar-refractivity contribution in [2.24, 2.45) is 0 Å². The summed E-state index contributed by atoms with van der Waals surface area (Å²) in [4.78, 5) is 22.4. The molecule has 1 aliphatic heterocycles. The average Bonchev–Trinajstić information content (AvgIpc) is 3.11. The van der Waals surface area contributed by atoms with Gasteiger partial charge in [0, 0.05) is 18.3 Å². The van der Waals surface area contributed by atoms with Crippen LogP contribution in [0.15, 0.2) is 59.6 Å². The molecule has 0 aromatic heterocycles. The molecule has 146 valence electrons. The third kappa shape index (κ3) is 3.88. The van der Waals surface area contributed by atoms with Crippen molar-refractivity contribution in [3.63, 3.8) is 0 Å². The topological polar surface area (TPSA) is 122 Å². The summed E-state index contributed by atoms with van der Waals surface area (Å²) in [7, 11) is -4.34. The van der Waals surface area contributed by atoms with Crippen molar-refractivity contribution >= 4 is 44.9 Å². The zero-order valence-electron chi connectivity index (χ0n) is 13.9. The Morgan fingerprint density at radius 2 is 1.75 bits per heavy atom. The number of carbonyl (C=O) groups is 1. The van der Waals surface area contributed by atoms with Crippen LogP contribution in [-0.2, 0) is 10.0 Å². The number of hydrogen-bond donors (Lipinski definition) is 2. The Morgan fingerprint density at radius 3 is 2.32 bits per heavy atom. The molecule has 1 heterocycles. The summed E-state index contributed by atoms with van der Waals surface area (Å²) >= 11 is 11.8. The summed E-state index contributed by atoms with van der Waals surface area (Å²) in [5, 5.41) is 11.5. The van der Waals surface area contributed by atoms with E-state index in [1.165, 1.54) is 48.7 Å². The standard InChI is InChI=1S/C16H12Cl2N4O5S/c17-12-2-1-3-13(18)15(12)28(26,27)20-16(23)21-14(8-9-19-21)10-4-6-11(7-5-10)22(24)25/h1-9,14,19H,(H,20,23). The number of nitro benzene ring substituents is 1. The van der Waals surface area contributed by atoms with E-state index in [0.717, 1.165) is 5.01 Å². The van der Waals surface area contributed by atoms with E-state index in [1.54, 1.807) is 6.08 Å². The Morgan fingerprint density at radius 1 is 1.14 bits per heavy atom. The van der Waals surface area contributed by atoms with Crippen LogP contribution in [0.1, 0.15) is 11.6 Å². The Hall–Kier alpha value is -2.82. The highest BCUT2D eigenvalue weighted by Gasteiger charge is 2.31. The summed E-state index contributed by atoms with van der Waals surface area (Å²) in [6.45, 7) is 0. The minimum Gasteiger partial charge on any atom is -0.301 e. The number of amides is 2. The number of nitrogens with zero attached hydrogens (tertiary/aromatic N) is 2. The number of urea groups is 1. The van der Waals surface area contributed by atoms with Crippen LogP contribution in [0, 0.1) is 10.1 Å². The van der Waals surface area contributed by atoms with Crippen molar-refractivity contribution in [1.82, 2.24) is 15.2 Å². The number of carbonyl (C=O) groups excluding carboxylic acids is 1. The van der Waals surface area contributed by atoms with Crippen LogP contribution in [0.3, 0.4) is 0 Å². The minimum atomic E-state index is -4.34. The number of nitro groups is 1. The van der Waals surface area contributed by atoms with E-state index < -0.39 is 31.9 Å². The molecule has 12 heteroatoms. The highest BCUT2D eigenvalue weighted by atomic mass is 35.5. The monoisotopic (exact) mass is 442 g/mol. The van der Waals surface area contributed by atoms with Crippen molar-refractivity contribution < 1.29 is 18.1 Å². The lowest BCUT2D eigenvalue weighted by atomic mass is 10.1. The SMILES string of the molecule is O=C(NS(=O)(=O)c1c(Cl)cccc1Cl)N1NC=CC1c1ccc([N+](=O)[O-])cc1. The molecule has 1 aliphatic rings. The van der Waals surface area contributed by atoms with Gasteiger partial charge in [0.15, 0.2) is 0 Å². The molecule has 0 spiro atoms. The molecule has 0 bridgehead atoms. The van der Waals surface area contributed by atoms with Crippen LogP contribution in [0.5, 0.6) is 0 Å². The van der Waals surface area contributed by atoms with Crippen LogP contribution >= 0.6 is 23.2 Å². The highest BCUT2D eigenvalue weighted by Crippen LogP contribution is 2.30. The number of hydrogen-bond acceptors (Lipinski definition) is 6. The predicted octanol–water partition coefficient (Wildman–Crippen LogP) is 3.38. The molecule has 2 N–H and O–H groups in total. The quantitative estimate of drug-likeness (QED) is 0.552. The van der Waals surface area contributed by atoms with Crippen LogP contribution in [0.2, 0.25) is 10.0 Å². The maximum atomic E-state index is 12.6. The van der Waals surface area contributed by atoms with Gasteiger partial charge in [0.25, 0.3) is 15.7 Å². The van der Waals surface area contributed by atoms with Crippen LogP contribution < -0.4 is 10.1 Å². The van der Waals surface area contributed by atoms with E-state index >= 15 is 0 Å². The fourth-order valence-electron chi connectivity index (χ4n) is 2.57. The van der Waals surface area contributed by atoms with Crippen molar-refractivity contribution in [1.29, 1.82) is 0 Å². The number of rotatable bonds is 4. The molecule has 28 heavy (non-hydrogen) atoms. The summed E-state index contributed by atoms with van der Waals surface area (Å²) in [5.74, 6) is 0. The minimum absolute atomic E-state index is 0.106. The number of halogens is 2. The van der Waals surface area contributed by atoms with Gasteiger partial charge in [0.2, 0.25) is 0 Å². The molecule has 0 radical (unpaired) electrons. The second kappa shape index (κ2) is 7.66. The van der Waals surface area contributed by atoms with E-state index in [2.05, 4.69) is 5.43 Å².